The van der Waals surface area contributed by atoms with Crippen LogP contribution in [0.15, 0.2) is 10.9 Å². The maximum Gasteiger partial charge on any atom is 0.344 e. The van der Waals surface area contributed by atoms with Crippen molar-refractivity contribution in [2.24, 2.45) is 0 Å². The molecule has 0 saturated carbocycles. The van der Waals surface area contributed by atoms with Crippen LogP contribution in [0.3, 0.4) is 0 Å². The second kappa shape index (κ2) is 2.93. The molecule has 80 valence electrons. The summed E-state index contributed by atoms with van der Waals surface area (Å²) in [6, 6.07) is -0.647. The molecule has 15 heavy (non-hydrogen) atoms. The van der Waals surface area contributed by atoms with Crippen LogP contribution in [0, 0.1) is 0 Å². The number of amides is 2. The molecule has 2 fully saturated rings. The predicted molar refractivity (Wildman–Crippen MR) is 45.8 cm³/mol. The van der Waals surface area contributed by atoms with Gasteiger partial charge in [0.05, 0.1) is 6.04 Å². The number of carbonyl (C=O) groups is 1. The number of hydroxylamine groups is 2. The molecule has 3 heterocycles. The van der Waals surface area contributed by atoms with Gasteiger partial charge in [-0.15, -0.1) is 0 Å². The summed E-state index contributed by atoms with van der Waals surface area (Å²) in [5.74, 6) is 0.442. The molecule has 3 rings (SSSR count). The summed E-state index contributed by atoms with van der Waals surface area (Å²) in [4.78, 5) is 17.1. The highest BCUT2D eigenvalue weighted by atomic mass is 16.5. The van der Waals surface area contributed by atoms with Crippen LogP contribution in [-0.2, 0) is 0 Å². The van der Waals surface area contributed by atoms with E-state index in [1.807, 2.05) is 0 Å². The average Bonchev–Trinajstić information content (AvgIpc) is 2.85. The Bertz CT molecular complexity index is 379. The number of rotatable bonds is 1. The van der Waals surface area contributed by atoms with E-state index < -0.39 is 0 Å². The number of hydrogen-bond donors (Lipinski definition) is 1. The Morgan fingerprint density at radius 3 is 3.13 bits per heavy atom. The molecule has 2 aliphatic heterocycles. The SMILES string of the molecule is O=C1N(O)[C@@H]2CC[C@@H](c3ncno3)N1C2. The number of hydrogen-bond acceptors (Lipinski definition) is 5. The largest absolute Gasteiger partial charge is 0.344 e. The number of aromatic nitrogens is 2. The third-order valence-electron chi connectivity index (χ3n) is 3.01. The van der Waals surface area contributed by atoms with Gasteiger partial charge >= 0.3 is 6.03 Å². The number of piperidine rings is 1. The normalized spacial score (nSPS) is 30.1. The Morgan fingerprint density at radius 1 is 1.53 bits per heavy atom. The summed E-state index contributed by atoms with van der Waals surface area (Å²) < 4.78 is 4.95. The lowest BCUT2D eigenvalue weighted by atomic mass is 10.0. The molecule has 1 N–H and O–H groups in total. The molecule has 1 aromatic heterocycles. The van der Waals surface area contributed by atoms with Gasteiger partial charge in [0.2, 0.25) is 5.89 Å². The monoisotopic (exact) mass is 210 g/mol. The van der Waals surface area contributed by atoms with E-state index in [4.69, 9.17) is 4.52 Å². The first-order valence-corrected chi connectivity index (χ1v) is 4.82. The van der Waals surface area contributed by atoms with Gasteiger partial charge < -0.3 is 9.42 Å². The molecular weight excluding hydrogens is 200 g/mol. The van der Waals surface area contributed by atoms with Gasteiger partial charge in [0.1, 0.15) is 6.04 Å². The number of fused-ring (bicyclic) bond motifs is 2. The number of urea groups is 1. The molecule has 1 aromatic rings. The van der Waals surface area contributed by atoms with Crippen LogP contribution in [0.2, 0.25) is 0 Å². The van der Waals surface area contributed by atoms with Gasteiger partial charge in [-0.25, -0.2) is 9.86 Å². The second-order valence-electron chi connectivity index (χ2n) is 3.81. The molecule has 0 aliphatic carbocycles. The summed E-state index contributed by atoms with van der Waals surface area (Å²) in [7, 11) is 0. The predicted octanol–water partition coefficient (Wildman–Crippen LogP) is 0.400. The van der Waals surface area contributed by atoms with Crippen molar-refractivity contribution in [3.05, 3.63) is 12.2 Å². The molecule has 0 unspecified atom stereocenters. The van der Waals surface area contributed by atoms with E-state index in [0.717, 1.165) is 17.9 Å². The summed E-state index contributed by atoms with van der Waals surface area (Å²) in [6.07, 6.45) is 2.82. The molecule has 0 aromatic carbocycles. The van der Waals surface area contributed by atoms with Gasteiger partial charge in [0.25, 0.3) is 0 Å². The van der Waals surface area contributed by atoms with Crippen molar-refractivity contribution >= 4 is 6.03 Å². The van der Waals surface area contributed by atoms with Crippen molar-refractivity contribution in [2.75, 3.05) is 6.54 Å². The van der Waals surface area contributed by atoms with Crippen molar-refractivity contribution < 1.29 is 14.5 Å². The topological polar surface area (TPSA) is 82.7 Å². The van der Waals surface area contributed by atoms with Crippen LogP contribution in [0.5, 0.6) is 0 Å². The Hall–Kier alpha value is -1.63. The van der Waals surface area contributed by atoms with E-state index in [2.05, 4.69) is 10.1 Å². The summed E-state index contributed by atoms with van der Waals surface area (Å²) in [6.45, 7) is 0.530. The Kier molecular flexibility index (Phi) is 1.69. The Labute approximate surface area is 85.2 Å². The molecule has 2 atom stereocenters. The number of nitrogens with zero attached hydrogens (tertiary/aromatic N) is 4. The molecule has 2 saturated heterocycles. The molecule has 7 heteroatoms. The van der Waals surface area contributed by atoms with Crippen LogP contribution in [-0.4, -0.2) is 43.9 Å². The van der Waals surface area contributed by atoms with Gasteiger partial charge in [0, 0.05) is 6.54 Å². The third kappa shape index (κ3) is 1.13. The van der Waals surface area contributed by atoms with Crippen molar-refractivity contribution in [3.8, 4) is 0 Å². The van der Waals surface area contributed by atoms with Crippen molar-refractivity contribution in [3.63, 3.8) is 0 Å². The van der Waals surface area contributed by atoms with Crippen LogP contribution in [0.1, 0.15) is 24.8 Å². The maximum absolute atomic E-state index is 11.6. The molecule has 2 bridgehead atoms. The first-order chi connectivity index (χ1) is 7.27. The fourth-order valence-electron chi connectivity index (χ4n) is 2.24. The van der Waals surface area contributed by atoms with Crippen molar-refractivity contribution in [1.29, 1.82) is 0 Å². The van der Waals surface area contributed by atoms with Crippen LogP contribution in [0.4, 0.5) is 4.79 Å². The minimum absolute atomic E-state index is 0.0864. The van der Waals surface area contributed by atoms with Crippen molar-refractivity contribution in [2.45, 2.75) is 24.9 Å². The minimum atomic E-state index is -0.374. The highest BCUT2D eigenvalue weighted by Gasteiger charge is 2.46. The van der Waals surface area contributed by atoms with Crippen LogP contribution in [0.25, 0.3) is 0 Å². The second-order valence-corrected chi connectivity index (χ2v) is 3.81. The third-order valence-corrected chi connectivity index (χ3v) is 3.01. The first kappa shape index (κ1) is 8.66. The lowest BCUT2D eigenvalue weighted by Gasteiger charge is -2.27. The first-order valence-electron chi connectivity index (χ1n) is 4.82. The van der Waals surface area contributed by atoms with E-state index in [0.29, 0.717) is 12.4 Å². The van der Waals surface area contributed by atoms with E-state index in [-0.39, 0.29) is 18.1 Å². The van der Waals surface area contributed by atoms with Crippen LogP contribution < -0.4 is 0 Å². The zero-order chi connectivity index (χ0) is 10.4. The van der Waals surface area contributed by atoms with Crippen LogP contribution >= 0.6 is 0 Å². The zero-order valence-corrected chi connectivity index (χ0v) is 7.91. The standard InChI is InChI=1S/C8H10N4O3/c13-8-11-3-5(12(8)14)1-2-6(11)7-9-4-10-15-7/h4-6,14H,1-3H2/t5-,6+/m1/s1. The fourth-order valence-corrected chi connectivity index (χ4v) is 2.24. The van der Waals surface area contributed by atoms with Gasteiger partial charge in [-0.2, -0.15) is 4.98 Å². The zero-order valence-electron chi connectivity index (χ0n) is 7.91. The molecule has 2 aliphatic rings. The van der Waals surface area contributed by atoms with E-state index in [9.17, 15) is 10.0 Å². The molecule has 0 spiro atoms. The summed E-state index contributed by atoms with van der Waals surface area (Å²) >= 11 is 0. The fraction of sp³-hybridized carbons (Fsp3) is 0.625. The van der Waals surface area contributed by atoms with E-state index in [1.165, 1.54) is 6.33 Å². The van der Waals surface area contributed by atoms with Crippen molar-refractivity contribution in [1.82, 2.24) is 20.1 Å². The van der Waals surface area contributed by atoms with Gasteiger partial charge in [-0.05, 0) is 12.8 Å². The number of carbonyl (C=O) groups excluding carboxylic acids is 1. The summed E-state index contributed by atoms with van der Waals surface area (Å²) in [5.41, 5.74) is 0. The van der Waals surface area contributed by atoms with Gasteiger partial charge in [0.15, 0.2) is 6.33 Å². The lowest BCUT2D eigenvalue weighted by Crippen LogP contribution is -2.34. The Morgan fingerprint density at radius 2 is 2.40 bits per heavy atom. The summed E-state index contributed by atoms with van der Waals surface area (Å²) in [5, 5.41) is 13.8. The van der Waals surface area contributed by atoms with Gasteiger partial charge in [-0.1, -0.05) is 5.16 Å². The maximum atomic E-state index is 11.6. The van der Waals surface area contributed by atoms with Gasteiger partial charge in [-0.3, -0.25) is 5.21 Å². The Balaban J connectivity index is 1.91. The average molecular weight is 210 g/mol. The molecular formula is C8H10N4O3. The quantitative estimate of drug-likeness (QED) is 0.678. The highest BCUT2D eigenvalue weighted by molar-refractivity contribution is 5.76. The van der Waals surface area contributed by atoms with E-state index >= 15 is 0 Å². The smallest absolute Gasteiger partial charge is 0.337 e. The lowest BCUT2D eigenvalue weighted by molar-refractivity contribution is -0.0584. The molecule has 2 amide bonds. The molecule has 0 radical (unpaired) electrons. The molecule has 7 nitrogen and oxygen atoms in total. The minimum Gasteiger partial charge on any atom is -0.337 e. The van der Waals surface area contributed by atoms with E-state index in [1.54, 1.807) is 4.90 Å². The highest BCUT2D eigenvalue weighted by Crippen LogP contribution is 2.36.